The number of nitrogens with zero attached hydrogens (tertiary/aromatic N) is 4. The molecule has 0 bridgehead atoms. The van der Waals surface area contributed by atoms with Crippen LogP contribution >= 0.6 is 0 Å². The highest BCUT2D eigenvalue weighted by atomic mass is 19.4. The van der Waals surface area contributed by atoms with Gasteiger partial charge in [0.2, 0.25) is 11.8 Å². The van der Waals surface area contributed by atoms with Gasteiger partial charge >= 0.3 is 6.18 Å². The fourth-order valence-electron chi connectivity index (χ4n) is 5.32. The molecule has 3 N–H and O–H groups in total. The van der Waals surface area contributed by atoms with E-state index in [0.29, 0.717) is 6.07 Å². The number of rotatable bonds is 5. The number of anilines is 1. The lowest BCUT2D eigenvalue weighted by Gasteiger charge is -2.20. The highest BCUT2D eigenvalue weighted by Crippen LogP contribution is 2.41. The second-order valence-corrected chi connectivity index (χ2v) is 10.0. The minimum Gasteiger partial charge on any atom is -0.496 e. The summed E-state index contributed by atoms with van der Waals surface area (Å²) in [7, 11) is 1.12. The van der Waals surface area contributed by atoms with Crippen LogP contribution in [0.25, 0.3) is 16.8 Å². The summed E-state index contributed by atoms with van der Waals surface area (Å²) in [6, 6.07) is 1.08. The SMILES string of the molecule is COc1cc(F)c(-c2cc(C(F)(F)F)c3c(N)ncnn23)cc1C(=O)N[C@@H]1CN(C(=O)C2CCC(F)(F)C2)C[C@@H]1F. The second kappa shape index (κ2) is 10.1. The van der Waals surface area contributed by atoms with Crippen molar-refractivity contribution in [2.45, 2.75) is 43.6 Å². The van der Waals surface area contributed by atoms with Crippen LogP contribution in [0.5, 0.6) is 5.75 Å². The summed E-state index contributed by atoms with van der Waals surface area (Å²) >= 11 is 0. The van der Waals surface area contributed by atoms with Crippen LogP contribution in [0, 0.1) is 11.7 Å². The van der Waals surface area contributed by atoms with Crippen molar-refractivity contribution in [1.82, 2.24) is 24.8 Å². The number of halogens is 7. The normalized spacial score (nSPS) is 22.3. The van der Waals surface area contributed by atoms with Gasteiger partial charge in [-0.2, -0.15) is 18.3 Å². The van der Waals surface area contributed by atoms with E-state index >= 15 is 4.39 Å². The summed E-state index contributed by atoms with van der Waals surface area (Å²) in [5.41, 5.74) is 2.58. The number of nitrogens with two attached hydrogens (primary N) is 1. The van der Waals surface area contributed by atoms with Crippen LogP contribution in [0.3, 0.4) is 0 Å². The van der Waals surface area contributed by atoms with E-state index in [-0.39, 0.29) is 24.3 Å². The van der Waals surface area contributed by atoms with E-state index in [1.165, 1.54) is 0 Å². The van der Waals surface area contributed by atoms with E-state index in [4.69, 9.17) is 10.5 Å². The van der Waals surface area contributed by atoms with Crippen LogP contribution in [0.4, 0.5) is 36.6 Å². The number of carbonyl (C=O) groups excluding carboxylic acids is 2. The lowest BCUT2D eigenvalue weighted by atomic mass is 10.0. The minimum atomic E-state index is -4.90. The Labute approximate surface area is 227 Å². The third-order valence-electron chi connectivity index (χ3n) is 7.33. The number of aromatic nitrogens is 3. The van der Waals surface area contributed by atoms with Gasteiger partial charge in [0.25, 0.3) is 5.91 Å². The molecule has 5 rings (SSSR count). The summed E-state index contributed by atoms with van der Waals surface area (Å²) in [6.07, 6.45) is -6.87. The molecule has 0 spiro atoms. The summed E-state index contributed by atoms with van der Waals surface area (Å²) in [5.74, 6) is -7.40. The average molecular weight is 588 g/mol. The van der Waals surface area contributed by atoms with Crippen LogP contribution < -0.4 is 15.8 Å². The molecule has 41 heavy (non-hydrogen) atoms. The van der Waals surface area contributed by atoms with Gasteiger partial charge in [-0.25, -0.2) is 27.1 Å². The molecule has 220 valence electrons. The zero-order chi connectivity index (χ0) is 29.9. The van der Waals surface area contributed by atoms with Gasteiger partial charge in [-0.1, -0.05) is 0 Å². The number of carbonyl (C=O) groups is 2. The third kappa shape index (κ3) is 5.22. The molecule has 2 aromatic heterocycles. The fourth-order valence-corrected chi connectivity index (χ4v) is 5.32. The molecule has 3 aromatic rings. The zero-order valence-electron chi connectivity index (χ0n) is 21.3. The molecule has 1 aromatic carbocycles. The van der Waals surface area contributed by atoms with E-state index in [1.807, 2.05) is 0 Å². The number of nitrogen functional groups attached to an aromatic ring is 1. The predicted molar refractivity (Wildman–Crippen MR) is 129 cm³/mol. The monoisotopic (exact) mass is 588 g/mol. The number of ether oxygens (including phenoxy) is 1. The molecule has 1 aliphatic heterocycles. The van der Waals surface area contributed by atoms with Crippen LogP contribution in [-0.2, 0) is 11.0 Å². The molecule has 2 fully saturated rings. The lowest BCUT2D eigenvalue weighted by molar-refractivity contribution is -0.136. The van der Waals surface area contributed by atoms with Crippen molar-refractivity contribution in [2.24, 2.45) is 5.92 Å². The summed E-state index contributed by atoms with van der Waals surface area (Å²) in [5, 5.41) is 6.16. The van der Waals surface area contributed by atoms with Crippen LogP contribution in [-0.4, -0.2) is 69.6 Å². The lowest BCUT2D eigenvalue weighted by Crippen LogP contribution is -2.42. The molecule has 2 aliphatic rings. The maximum absolute atomic E-state index is 15.2. The van der Waals surface area contributed by atoms with Gasteiger partial charge in [0.05, 0.1) is 36.5 Å². The molecule has 16 heteroatoms. The smallest absolute Gasteiger partial charge is 0.418 e. The maximum Gasteiger partial charge on any atom is 0.418 e. The highest BCUT2D eigenvalue weighted by molar-refractivity contribution is 5.98. The average Bonchev–Trinajstić information content (AvgIpc) is 3.58. The van der Waals surface area contributed by atoms with Crippen molar-refractivity contribution >= 4 is 23.1 Å². The van der Waals surface area contributed by atoms with Crippen LogP contribution in [0.2, 0.25) is 0 Å². The van der Waals surface area contributed by atoms with Crippen molar-refractivity contribution < 1.29 is 45.1 Å². The Morgan fingerprint density at radius 3 is 2.56 bits per heavy atom. The van der Waals surface area contributed by atoms with Gasteiger partial charge in [0, 0.05) is 36.9 Å². The molecule has 3 atom stereocenters. The molecule has 1 saturated heterocycles. The number of nitrogens with one attached hydrogen (secondary N) is 1. The van der Waals surface area contributed by atoms with Gasteiger partial charge < -0.3 is 20.7 Å². The molecule has 9 nitrogen and oxygen atoms in total. The Morgan fingerprint density at radius 1 is 1.20 bits per heavy atom. The van der Waals surface area contributed by atoms with Crippen molar-refractivity contribution in [3.63, 3.8) is 0 Å². The van der Waals surface area contributed by atoms with Crippen LogP contribution in [0.1, 0.15) is 35.2 Å². The van der Waals surface area contributed by atoms with Gasteiger partial charge in [-0.05, 0) is 18.6 Å². The Morgan fingerprint density at radius 2 is 1.93 bits per heavy atom. The first kappa shape index (κ1) is 28.4. The Bertz CT molecular complexity index is 1530. The van der Waals surface area contributed by atoms with Crippen molar-refractivity contribution in [1.29, 1.82) is 0 Å². The van der Waals surface area contributed by atoms with E-state index in [2.05, 4.69) is 15.4 Å². The van der Waals surface area contributed by atoms with Crippen LogP contribution in [0.15, 0.2) is 24.5 Å². The second-order valence-electron chi connectivity index (χ2n) is 10.0. The number of benzene rings is 1. The topological polar surface area (TPSA) is 115 Å². The number of alkyl halides is 6. The predicted octanol–water partition coefficient (Wildman–Crippen LogP) is 3.86. The minimum absolute atomic E-state index is 0.0348. The Kier molecular flexibility index (Phi) is 6.98. The molecule has 1 saturated carbocycles. The van der Waals surface area contributed by atoms with Crippen molar-refractivity contribution in [3.05, 3.63) is 41.5 Å². The largest absolute Gasteiger partial charge is 0.496 e. The van der Waals surface area contributed by atoms with Gasteiger partial charge in [0.15, 0.2) is 5.82 Å². The highest BCUT2D eigenvalue weighted by Gasteiger charge is 2.46. The van der Waals surface area contributed by atoms with Crippen molar-refractivity contribution in [3.8, 4) is 17.0 Å². The Hall–Kier alpha value is -4.11. The van der Waals surface area contributed by atoms with E-state index in [1.54, 1.807) is 0 Å². The number of fused-ring (bicyclic) bond motifs is 1. The molecular weight excluding hydrogens is 565 g/mol. The quantitative estimate of drug-likeness (QED) is 0.438. The number of amides is 2. The first-order valence-corrected chi connectivity index (χ1v) is 12.4. The number of methoxy groups -OCH3 is 1. The summed E-state index contributed by atoms with van der Waals surface area (Å²) < 4.78 is 104. The third-order valence-corrected chi connectivity index (χ3v) is 7.33. The van der Waals surface area contributed by atoms with E-state index in [0.717, 1.165) is 35.0 Å². The summed E-state index contributed by atoms with van der Waals surface area (Å²) in [4.78, 5) is 30.5. The molecular formula is C25H23F7N6O3. The van der Waals surface area contributed by atoms with Gasteiger partial charge in [-0.3, -0.25) is 9.59 Å². The first-order valence-electron chi connectivity index (χ1n) is 12.4. The number of hydrogen-bond donors (Lipinski definition) is 2. The molecule has 1 aliphatic carbocycles. The molecule has 3 heterocycles. The van der Waals surface area contributed by atoms with Gasteiger partial charge in [-0.15, -0.1) is 0 Å². The zero-order valence-corrected chi connectivity index (χ0v) is 21.3. The van der Waals surface area contributed by atoms with Gasteiger partial charge in [0.1, 0.15) is 29.6 Å². The Balaban J connectivity index is 1.44. The molecule has 1 unspecified atom stereocenters. The first-order chi connectivity index (χ1) is 19.2. The summed E-state index contributed by atoms with van der Waals surface area (Å²) in [6.45, 7) is -0.714. The standard InChI is InChI=1S/C25H23F7N6O3/c1-41-19-6-15(26)12(18-5-14(25(30,31)32)20-21(33)34-10-35-38(18)20)4-13(19)22(39)36-17-9-37(8-16(17)27)23(40)11-2-3-24(28,29)7-11/h4-6,10-11,16-17H,2-3,7-9H2,1H3,(H,36,39)(H2,33,34,35)/t11?,16-,17+/m0/s1. The van der Waals surface area contributed by atoms with E-state index < -0.39 is 95.4 Å². The molecule has 0 radical (unpaired) electrons. The van der Waals surface area contributed by atoms with E-state index in [9.17, 15) is 35.9 Å². The fraction of sp³-hybridized carbons (Fsp3) is 0.440. The maximum atomic E-state index is 15.2. The number of hydrogen-bond acceptors (Lipinski definition) is 6. The molecule has 2 amide bonds. The van der Waals surface area contributed by atoms with Crippen molar-refractivity contribution in [2.75, 3.05) is 25.9 Å². The number of likely N-dealkylation sites (tertiary alicyclic amines) is 1.